The van der Waals surface area contributed by atoms with Crippen molar-refractivity contribution < 1.29 is 4.79 Å². The fourth-order valence-corrected chi connectivity index (χ4v) is 3.41. The summed E-state index contributed by atoms with van der Waals surface area (Å²) >= 11 is 1.71. The minimum atomic E-state index is 0.267. The van der Waals surface area contributed by atoms with E-state index in [0.717, 1.165) is 18.8 Å². The Labute approximate surface area is 126 Å². The quantitative estimate of drug-likeness (QED) is 0.925. The zero-order valence-corrected chi connectivity index (χ0v) is 13.4. The molecule has 3 nitrogen and oxygen atoms in total. The largest absolute Gasteiger partial charge is 0.336 e. The van der Waals surface area contributed by atoms with Crippen LogP contribution in [0.25, 0.3) is 0 Å². The third-order valence-corrected chi connectivity index (χ3v) is 4.92. The van der Waals surface area contributed by atoms with Gasteiger partial charge in [0, 0.05) is 30.9 Å². The number of benzene rings is 1. The Kier molecular flexibility index (Phi) is 5.49. The summed E-state index contributed by atoms with van der Waals surface area (Å²) in [5.41, 5.74) is 2.57. The van der Waals surface area contributed by atoms with Crippen LogP contribution in [0.1, 0.15) is 25.0 Å². The van der Waals surface area contributed by atoms with Gasteiger partial charge in [-0.25, -0.2) is 0 Å². The molecule has 2 atom stereocenters. The molecule has 4 heteroatoms. The Hall–Kier alpha value is -1.00. The molecule has 0 saturated carbocycles. The molecule has 1 saturated heterocycles. The normalized spacial score (nSPS) is 22.9. The average Bonchev–Trinajstić information content (AvgIpc) is 2.42. The third kappa shape index (κ3) is 4.00. The van der Waals surface area contributed by atoms with E-state index in [0.29, 0.717) is 11.8 Å². The summed E-state index contributed by atoms with van der Waals surface area (Å²) < 4.78 is 0. The van der Waals surface area contributed by atoms with E-state index in [1.165, 1.54) is 11.1 Å². The number of carbonyl (C=O) groups excluding carboxylic acids is 1. The smallest absolute Gasteiger partial charge is 0.232 e. The van der Waals surface area contributed by atoms with Crippen molar-refractivity contribution in [2.45, 2.75) is 38.6 Å². The fraction of sp³-hybridized carbons (Fsp3) is 0.562. The molecule has 1 fully saturated rings. The lowest BCUT2D eigenvalue weighted by Crippen LogP contribution is -2.57. The van der Waals surface area contributed by atoms with Crippen molar-refractivity contribution >= 4 is 17.7 Å². The highest BCUT2D eigenvalue weighted by molar-refractivity contribution is 7.99. The Morgan fingerprint density at radius 3 is 3.00 bits per heavy atom. The first kappa shape index (κ1) is 15.4. The van der Waals surface area contributed by atoms with E-state index in [1.807, 2.05) is 4.90 Å². The second-order valence-electron chi connectivity index (χ2n) is 5.55. The van der Waals surface area contributed by atoms with Crippen LogP contribution < -0.4 is 5.32 Å². The average molecular weight is 292 g/mol. The van der Waals surface area contributed by atoms with Gasteiger partial charge in [0.05, 0.1) is 5.75 Å². The monoisotopic (exact) mass is 292 g/mol. The summed E-state index contributed by atoms with van der Waals surface area (Å²) in [4.78, 5) is 14.3. The standard InChI is InChI=1S/C16H24N2OS/c1-12-5-4-6-15(9-12)10-20-11-16(19)18-8-7-17-13(2)14(18)3/h4-6,9,13-14,17H,7-8,10-11H2,1-3H3. The van der Waals surface area contributed by atoms with Crippen LogP contribution in [-0.2, 0) is 10.5 Å². The number of amides is 1. The summed E-state index contributed by atoms with van der Waals surface area (Å²) in [7, 11) is 0. The predicted molar refractivity (Wildman–Crippen MR) is 86.0 cm³/mol. The minimum Gasteiger partial charge on any atom is -0.336 e. The molecule has 0 bridgehead atoms. The number of nitrogens with zero attached hydrogens (tertiary/aromatic N) is 1. The van der Waals surface area contributed by atoms with Crippen molar-refractivity contribution in [2.24, 2.45) is 0 Å². The molecule has 1 amide bonds. The summed E-state index contributed by atoms with van der Waals surface area (Å²) in [6, 6.07) is 9.16. The second-order valence-corrected chi connectivity index (χ2v) is 6.54. The van der Waals surface area contributed by atoms with Crippen molar-refractivity contribution in [2.75, 3.05) is 18.8 Å². The molecule has 0 spiro atoms. The maximum Gasteiger partial charge on any atom is 0.232 e. The van der Waals surface area contributed by atoms with Gasteiger partial charge >= 0.3 is 0 Å². The number of thioether (sulfide) groups is 1. The zero-order chi connectivity index (χ0) is 14.5. The van der Waals surface area contributed by atoms with Crippen molar-refractivity contribution in [3.05, 3.63) is 35.4 Å². The van der Waals surface area contributed by atoms with E-state index in [1.54, 1.807) is 11.8 Å². The molecule has 1 aliphatic rings. The van der Waals surface area contributed by atoms with Crippen molar-refractivity contribution in [3.63, 3.8) is 0 Å². The highest BCUT2D eigenvalue weighted by atomic mass is 32.2. The Balaban J connectivity index is 1.80. The summed E-state index contributed by atoms with van der Waals surface area (Å²) in [5, 5.41) is 3.40. The fourth-order valence-electron chi connectivity index (χ4n) is 2.55. The first-order valence-electron chi connectivity index (χ1n) is 7.24. The molecular formula is C16H24N2OS. The van der Waals surface area contributed by atoms with Crippen LogP contribution in [0.5, 0.6) is 0 Å². The van der Waals surface area contributed by atoms with Gasteiger partial charge in [0.2, 0.25) is 5.91 Å². The van der Waals surface area contributed by atoms with E-state index >= 15 is 0 Å². The highest BCUT2D eigenvalue weighted by Gasteiger charge is 2.27. The SMILES string of the molecule is Cc1cccc(CSCC(=O)N2CCNC(C)C2C)c1. The number of carbonyl (C=O) groups is 1. The molecule has 2 unspecified atom stereocenters. The van der Waals surface area contributed by atoms with E-state index in [2.05, 4.69) is 50.4 Å². The molecule has 20 heavy (non-hydrogen) atoms. The molecule has 1 aliphatic heterocycles. The van der Waals surface area contributed by atoms with Crippen LogP contribution in [0.15, 0.2) is 24.3 Å². The van der Waals surface area contributed by atoms with E-state index in [-0.39, 0.29) is 11.9 Å². The summed E-state index contributed by atoms with van der Waals surface area (Å²) in [6.07, 6.45) is 0. The van der Waals surface area contributed by atoms with Gasteiger partial charge in [0.25, 0.3) is 0 Å². The van der Waals surface area contributed by atoms with Gasteiger partial charge < -0.3 is 10.2 Å². The van der Waals surface area contributed by atoms with Crippen LogP contribution >= 0.6 is 11.8 Å². The van der Waals surface area contributed by atoms with Gasteiger partial charge in [-0.1, -0.05) is 29.8 Å². The first-order chi connectivity index (χ1) is 9.58. The molecule has 2 rings (SSSR count). The molecule has 1 aromatic rings. The molecule has 1 heterocycles. The second kappa shape index (κ2) is 7.14. The lowest BCUT2D eigenvalue weighted by atomic mass is 10.1. The van der Waals surface area contributed by atoms with Crippen molar-refractivity contribution in [1.29, 1.82) is 0 Å². The maximum atomic E-state index is 12.3. The topological polar surface area (TPSA) is 32.3 Å². The highest BCUT2D eigenvalue weighted by Crippen LogP contribution is 2.16. The molecule has 0 radical (unpaired) electrons. The minimum absolute atomic E-state index is 0.267. The maximum absolute atomic E-state index is 12.3. The Bertz CT molecular complexity index is 464. The molecular weight excluding hydrogens is 268 g/mol. The van der Waals surface area contributed by atoms with E-state index < -0.39 is 0 Å². The number of piperazine rings is 1. The molecule has 110 valence electrons. The van der Waals surface area contributed by atoms with Crippen molar-refractivity contribution in [1.82, 2.24) is 10.2 Å². The van der Waals surface area contributed by atoms with Crippen molar-refractivity contribution in [3.8, 4) is 0 Å². The van der Waals surface area contributed by atoms with Gasteiger partial charge in [0.1, 0.15) is 0 Å². The van der Waals surface area contributed by atoms with Gasteiger partial charge in [-0.15, -0.1) is 11.8 Å². The lowest BCUT2D eigenvalue weighted by Gasteiger charge is -2.38. The third-order valence-electron chi connectivity index (χ3n) is 3.93. The number of hydrogen-bond acceptors (Lipinski definition) is 3. The summed E-state index contributed by atoms with van der Waals surface area (Å²) in [6.45, 7) is 8.10. The van der Waals surface area contributed by atoms with Crippen LogP contribution in [0, 0.1) is 6.92 Å². The van der Waals surface area contributed by atoms with Gasteiger partial charge in [-0.05, 0) is 26.3 Å². The van der Waals surface area contributed by atoms with E-state index in [4.69, 9.17) is 0 Å². The number of nitrogens with one attached hydrogen (secondary N) is 1. The van der Waals surface area contributed by atoms with Crippen LogP contribution in [0.2, 0.25) is 0 Å². The number of rotatable bonds is 4. The zero-order valence-electron chi connectivity index (χ0n) is 12.6. The lowest BCUT2D eigenvalue weighted by molar-refractivity contribution is -0.131. The molecule has 1 aromatic carbocycles. The van der Waals surface area contributed by atoms with Crippen LogP contribution in [0.3, 0.4) is 0 Å². The van der Waals surface area contributed by atoms with Gasteiger partial charge in [-0.2, -0.15) is 0 Å². The number of aryl methyl sites for hydroxylation is 1. The molecule has 0 aromatic heterocycles. The predicted octanol–water partition coefficient (Wildman–Crippen LogP) is 2.44. The molecule has 0 aliphatic carbocycles. The number of hydrogen-bond donors (Lipinski definition) is 1. The Morgan fingerprint density at radius 1 is 1.45 bits per heavy atom. The van der Waals surface area contributed by atoms with Gasteiger partial charge in [0.15, 0.2) is 0 Å². The van der Waals surface area contributed by atoms with Crippen LogP contribution in [-0.4, -0.2) is 41.7 Å². The Morgan fingerprint density at radius 2 is 2.25 bits per heavy atom. The summed E-state index contributed by atoms with van der Waals surface area (Å²) in [5.74, 6) is 1.75. The van der Waals surface area contributed by atoms with Gasteiger partial charge in [-0.3, -0.25) is 4.79 Å². The molecule has 1 N–H and O–H groups in total. The van der Waals surface area contributed by atoms with E-state index in [9.17, 15) is 4.79 Å². The van der Waals surface area contributed by atoms with Crippen LogP contribution in [0.4, 0.5) is 0 Å². The first-order valence-corrected chi connectivity index (χ1v) is 8.39.